The number of para-hydroxylation sites is 1. The number of nitrogens with zero attached hydrogens (tertiary/aromatic N) is 2. The molecule has 0 radical (unpaired) electrons. The number of carbonyl (C=O) groups excluding carboxylic acids is 2. The van der Waals surface area contributed by atoms with Crippen molar-refractivity contribution in [1.29, 1.82) is 0 Å². The normalized spacial score (nSPS) is 11.2. The molecule has 1 N–H and O–H groups in total. The monoisotopic (exact) mass is 331 g/mol. The summed E-state index contributed by atoms with van der Waals surface area (Å²) in [5.41, 5.74) is 0.697. The molecule has 0 bridgehead atoms. The van der Waals surface area contributed by atoms with E-state index in [9.17, 15) is 9.59 Å². The van der Waals surface area contributed by atoms with Crippen molar-refractivity contribution in [3.8, 4) is 11.8 Å². The number of carbonyl (C=O) groups is 2. The quantitative estimate of drug-likeness (QED) is 0.806. The summed E-state index contributed by atoms with van der Waals surface area (Å²) in [7, 11) is 1.50. The zero-order chi connectivity index (χ0) is 17.5. The Bertz CT molecular complexity index is 767. The van der Waals surface area contributed by atoms with Crippen LogP contribution >= 0.6 is 0 Å². The van der Waals surface area contributed by atoms with Crippen molar-refractivity contribution in [3.05, 3.63) is 41.7 Å². The molecule has 2 rings (SSSR count). The summed E-state index contributed by atoms with van der Waals surface area (Å²) >= 11 is 0. The van der Waals surface area contributed by atoms with Crippen LogP contribution in [-0.2, 0) is 14.3 Å². The molecule has 0 aliphatic rings. The topological polar surface area (TPSA) is 104 Å². The molecule has 0 unspecified atom stereocenters. The Labute approximate surface area is 138 Å². The van der Waals surface area contributed by atoms with E-state index in [2.05, 4.69) is 15.5 Å². The first kappa shape index (κ1) is 17.4. The zero-order valence-electron chi connectivity index (χ0n) is 13.5. The number of ether oxygens (including phenoxy) is 2. The van der Waals surface area contributed by atoms with Crippen LogP contribution in [0.25, 0.3) is 5.57 Å². The minimum Gasteiger partial charge on any atom is -0.409 e. The highest BCUT2D eigenvalue weighted by Gasteiger charge is 2.18. The molecule has 8 nitrogen and oxygen atoms in total. The number of benzene rings is 1. The predicted octanol–water partition coefficient (Wildman–Crippen LogP) is 1.86. The molecule has 2 aromatic rings. The Morgan fingerprint density at radius 1 is 1.33 bits per heavy atom. The summed E-state index contributed by atoms with van der Waals surface area (Å²) in [4.78, 5) is 27.5. The zero-order valence-corrected chi connectivity index (χ0v) is 13.5. The van der Waals surface area contributed by atoms with E-state index in [1.807, 2.05) is 0 Å². The van der Waals surface area contributed by atoms with Crippen LogP contribution in [0, 0.1) is 6.92 Å². The molecular weight excluding hydrogens is 314 g/mol. The van der Waals surface area contributed by atoms with Gasteiger partial charge in [0.2, 0.25) is 5.91 Å². The fraction of sp³-hybridized carbons (Fsp3) is 0.250. The molecule has 0 fully saturated rings. The smallest absolute Gasteiger partial charge is 0.409 e. The lowest BCUT2D eigenvalue weighted by molar-refractivity contribution is -0.126. The van der Waals surface area contributed by atoms with Gasteiger partial charge in [0.05, 0.1) is 6.61 Å². The van der Waals surface area contributed by atoms with E-state index in [1.54, 1.807) is 37.3 Å². The van der Waals surface area contributed by atoms with Crippen LogP contribution in [-0.4, -0.2) is 35.7 Å². The first-order valence-electron chi connectivity index (χ1n) is 7.10. The van der Waals surface area contributed by atoms with Gasteiger partial charge < -0.3 is 9.47 Å². The average molecular weight is 331 g/mol. The van der Waals surface area contributed by atoms with E-state index in [1.165, 1.54) is 14.0 Å². The third-order valence-electron chi connectivity index (χ3n) is 2.87. The Morgan fingerprint density at radius 2 is 2.08 bits per heavy atom. The summed E-state index contributed by atoms with van der Waals surface area (Å²) in [5.74, 6) is -0.263. The number of nitrogens with one attached hydrogen (secondary N) is 1. The maximum atomic E-state index is 12.3. The van der Waals surface area contributed by atoms with Gasteiger partial charge in [-0.05, 0) is 19.1 Å². The van der Waals surface area contributed by atoms with Crippen LogP contribution in [0.1, 0.15) is 18.3 Å². The lowest BCUT2D eigenvalue weighted by Gasteiger charge is -2.11. The Hall–Kier alpha value is -3.00. The SMILES string of the molecule is COC/C=C(/C(=O)NC(C)=O)c1ccccc1Oc1nc(C)no1. The number of amides is 2. The fourth-order valence-electron chi connectivity index (χ4n) is 1.91. The summed E-state index contributed by atoms with van der Waals surface area (Å²) in [6.07, 6.45) is 1.51. The molecule has 0 saturated heterocycles. The van der Waals surface area contributed by atoms with Crippen LogP contribution in [0.15, 0.2) is 34.9 Å². The third-order valence-corrected chi connectivity index (χ3v) is 2.87. The van der Waals surface area contributed by atoms with Crippen molar-refractivity contribution in [2.24, 2.45) is 0 Å². The number of aryl methyl sites for hydroxylation is 1. The van der Waals surface area contributed by atoms with Gasteiger partial charge in [0, 0.05) is 25.2 Å². The molecule has 2 amide bonds. The molecule has 126 valence electrons. The van der Waals surface area contributed by atoms with Crippen LogP contribution in [0.3, 0.4) is 0 Å². The molecule has 0 saturated carbocycles. The molecular formula is C16H17N3O5. The van der Waals surface area contributed by atoms with Gasteiger partial charge in [-0.15, -0.1) is 0 Å². The van der Waals surface area contributed by atoms with Crippen molar-refractivity contribution in [1.82, 2.24) is 15.5 Å². The van der Waals surface area contributed by atoms with Crippen molar-refractivity contribution in [2.75, 3.05) is 13.7 Å². The van der Waals surface area contributed by atoms with Gasteiger partial charge in [-0.1, -0.05) is 23.4 Å². The number of hydrogen-bond acceptors (Lipinski definition) is 7. The summed E-state index contributed by atoms with van der Waals surface area (Å²) in [5, 5.41) is 5.88. The molecule has 1 heterocycles. The maximum Gasteiger partial charge on any atom is 0.422 e. The van der Waals surface area contributed by atoms with Gasteiger partial charge in [0.1, 0.15) is 5.75 Å². The summed E-state index contributed by atoms with van der Waals surface area (Å²) in [6, 6.07) is 6.80. The molecule has 0 spiro atoms. The van der Waals surface area contributed by atoms with Crippen molar-refractivity contribution in [3.63, 3.8) is 0 Å². The Kier molecular flexibility index (Phi) is 5.80. The van der Waals surface area contributed by atoms with E-state index in [-0.39, 0.29) is 18.3 Å². The van der Waals surface area contributed by atoms with Gasteiger partial charge in [0.15, 0.2) is 5.82 Å². The molecule has 1 aromatic heterocycles. The maximum absolute atomic E-state index is 12.3. The number of aromatic nitrogens is 2. The molecule has 0 aliphatic carbocycles. The van der Waals surface area contributed by atoms with Gasteiger partial charge in [-0.3, -0.25) is 19.4 Å². The standard InChI is InChI=1S/C16H17N3O5/c1-10-17-16(24-19-10)23-14-7-5-4-6-12(14)13(8-9-22-3)15(21)18-11(2)20/h4-8H,9H2,1-3H3,(H,18,20,21)/b13-8+. The highest BCUT2D eigenvalue weighted by atomic mass is 16.6. The van der Waals surface area contributed by atoms with Gasteiger partial charge in [-0.25, -0.2) is 0 Å². The van der Waals surface area contributed by atoms with E-state index in [0.717, 1.165) is 0 Å². The fourth-order valence-corrected chi connectivity index (χ4v) is 1.91. The van der Waals surface area contributed by atoms with Gasteiger partial charge in [0.25, 0.3) is 5.91 Å². The Balaban J connectivity index is 2.38. The van der Waals surface area contributed by atoms with Crippen LogP contribution in [0.2, 0.25) is 0 Å². The first-order valence-corrected chi connectivity index (χ1v) is 7.10. The first-order chi connectivity index (χ1) is 11.5. The van der Waals surface area contributed by atoms with E-state index in [0.29, 0.717) is 17.1 Å². The van der Waals surface area contributed by atoms with E-state index in [4.69, 9.17) is 14.0 Å². The summed E-state index contributed by atoms with van der Waals surface area (Å²) in [6.45, 7) is 3.11. The lowest BCUT2D eigenvalue weighted by atomic mass is 10.0. The second-order valence-corrected chi connectivity index (χ2v) is 4.79. The average Bonchev–Trinajstić information content (AvgIpc) is 2.93. The molecule has 8 heteroatoms. The molecule has 0 atom stereocenters. The number of hydrogen-bond donors (Lipinski definition) is 1. The molecule has 24 heavy (non-hydrogen) atoms. The highest BCUT2D eigenvalue weighted by molar-refractivity contribution is 6.24. The van der Waals surface area contributed by atoms with Gasteiger partial charge in [-0.2, -0.15) is 4.98 Å². The number of methoxy groups -OCH3 is 1. The number of imide groups is 1. The Morgan fingerprint density at radius 3 is 2.71 bits per heavy atom. The van der Waals surface area contributed by atoms with E-state index >= 15 is 0 Å². The van der Waals surface area contributed by atoms with Crippen LogP contribution in [0.4, 0.5) is 0 Å². The van der Waals surface area contributed by atoms with Crippen molar-refractivity contribution < 1.29 is 23.6 Å². The van der Waals surface area contributed by atoms with Crippen LogP contribution in [0.5, 0.6) is 11.8 Å². The second kappa shape index (κ2) is 8.02. The minimum atomic E-state index is -0.558. The van der Waals surface area contributed by atoms with Gasteiger partial charge >= 0.3 is 6.08 Å². The largest absolute Gasteiger partial charge is 0.422 e. The van der Waals surface area contributed by atoms with Crippen LogP contribution < -0.4 is 10.1 Å². The second-order valence-electron chi connectivity index (χ2n) is 4.79. The van der Waals surface area contributed by atoms with Crippen molar-refractivity contribution in [2.45, 2.75) is 13.8 Å². The lowest BCUT2D eigenvalue weighted by Crippen LogP contribution is -2.29. The third kappa shape index (κ3) is 4.50. The van der Waals surface area contributed by atoms with E-state index < -0.39 is 11.8 Å². The molecule has 0 aliphatic heterocycles. The molecule has 1 aromatic carbocycles. The highest BCUT2D eigenvalue weighted by Crippen LogP contribution is 2.29. The predicted molar refractivity (Wildman–Crippen MR) is 84.2 cm³/mol. The number of rotatable bonds is 6. The minimum absolute atomic E-state index is 0.0435. The summed E-state index contributed by atoms with van der Waals surface area (Å²) < 4.78 is 15.5. The van der Waals surface area contributed by atoms with Crippen molar-refractivity contribution >= 4 is 17.4 Å².